The normalized spacial score (nSPS) is 11.0. The quantitative estimate of drug-likeness (QED) is 0.610. The zero-order chi connectivity index (χ0) is 17.6. The van der Waals surface area contributed by atoms with E-state index < -0.39 is 0 Å². The Morgan fingerprint density at radius 2 is 2.04 bits per heavy atom. The highest BCUT2D eigenvalue weighted by Gasteiger charge is 2.15. The zero-order valence-electron chi connectivity index (χ0n) is 14.8. The Kier molecular flexibility index (Phi) is 5.56. The molecule has 1 aromatic carbocycles. The fraction of sp³-hybridized carbons (Fsp3) is 0.350. The lowest BCUT2D eigenvalue weighted by molar-refractivity contribution is 0.340. The van der Waals surface area contributed by atoms with Crippen LogP contribution in [0.3, 0.4) is 0 Å². The molecule has 0 unspecified atom stereocenters. The third-order valence-electron chi connectivity index (χ3n) is 4.26. The molecule has 2 heterocycles. The van der Waals surface area contributed by atoms with Crippen molar-refractivity contribution in [1.29, 1.82) is 0 Å². The van der Waals surface area contributed by atoms with Crippen LogP contribution < -0.4 is 15.2 Å². The SMILES string of the molecule is CCOc1ccc2[nH]c(-c3cccc(OC)n3)c(CCCCN)c2c1. The number of aromatic nitrogens is 2. The largest absolute Gasteiger partial charge is 0.494 e. The molecule has 5 nitrogen and oxygen atoms in total. The summed E-state index contributed by atoms with van der Waals surface area (Å²) in [4.78, 5) is 8.12. The molecule has 0 spiro atoms. The number of methoxy groups -OCH3 is 1. The Morgan fingerprint density at radius 3 is 2.80 bits per heavy atom. The molecule has 0 saturated carbocycles. The van der Waals surface area contributed by atoms with E-state index in [9.17, 15) is 0 Å². The molecule has 3 N–H and O–H groups in total. The van der Waals surface area contributed by atoms with Crippen molar-refractivity contribution in [3.8, 4) is 23.0 Å². The van der Waals surface area contributed by atoms with E-state index in [1.165, 1.54) is 10.9 Å². The number of aryl methyl sites for hydroxylation is 1. The molecule has 0 amide bonds. The second kappa shape index (κ2) is 8.03. The van der Waals surface area contributed by atoms with Crippen LogP contribution in [0.1, 0.15) is 25.3 Å². The molecule has 0 saturated heterocycles. The fourth-order valence-corrected chi connectivity index (χ4v) is 3.08. The number of fused-ring (bicyclic) bond motifs is 1. The van der Waals surface area contributed by atoms with Crippen LogP contribution in [-0.4, -0.2) is 30.2 Å². The lowest BCUT2D eigenvalue weighted by atomic mass is 10.0. The molecule has 5 heteroatoms. The van der Waals surface area contributed by atoms with Crippen LogP contribution in [-0.2, 0) is 6.42 Å². The van der Waals surface area contributed by atoms with Crippen molar-refractivity contribution in [1.82, 2.24) is 9.97 Å². The van der Waals surface area contributed by atoms with Crippen LogP contribution >= 0.6 is 0 Å². The van der Waals surface area contributed by atoms with Gasteiger partial charge in [-0.1, -0.05) is 6.07 Å². The summed E-state index contributed by atoms with van der Waals surface area (Å²) in [6, 6.07) is 12.0. The minimum Gasteiger partial charge on any atom is -0.494 e. The van der Waals surface area contributed by atoms with Crippen molar-refractivity contribution in [2.45, 2.75) is 26.2 Å². The van der Waals surface area contributed by atoms with Crippen molar-refractivity contribution in [3.05, 3.63) is 42.0 Å². The van der Waals surface area contributed by atoms with Gasteiger partial charge in [0.1, 0.15) is 5.75 Å². The first-order valence-corrected chi connectivity index (χ1v) is 8.75. The van der Waals surface area contributed by atoms with Gasteiger partial charge in [-0.2, -0.15) is 0 Å². The first-order chi connectivity index (χ1) is 12.3. The van der Waals surface area contributed by atoms with Crippen molar-refractivity contribution in [2.24, 2.45) is 5.73 Å². The summed E-state index contributed by atoms with van der Waals surface area (Å²) in [5.41, 5.74) is 9.95. The van der Waals surface area contributed by atoms with Gasteiger partial charge >= 0.3 is 0 Å². The van der Waals surface area contributed by atoms with Gasteiger partial charge in [0.2, 0.25) is 5.88 Å². The summed E-state index contributed by atoms with van der Waals surface area (Å²) in [5.74, 6) is 1.50. The van der Waals surface area contributed by atoms with Crippen LogP contribution in [0, 0.1) is 0 Å². The van der Waals surface area contributed by atoms with Crippen molar-refractivity contribution >= 4 is 10.9 Å². The molecular formula is C20H25N3O2. The maximum Gasteiger partial charge on any atom is 0.213 e. The number of hydrogen-bond donors (Lipinski definition) is 2. The lowest BCUT2D eigenvalue weighted by Gasteiger charge is -2.07. The zero-order valence-corrected chi connectivity index (χ0v) is 14.8. The van der Waals surface area contributed by atoms with E-state index in [2.05, 4.69) is 22.1 Å². The molecular weight excluding hydrogens is 314 g/mol. The minimum absolute atomic E-state index is 0.610. The smallest absolute Gasteiger partial charge is 0.213 e. The number of pyridine rings is 1. The number of H-pyrrole nitrogens is 1. The van der Waals surface area contributed by atoms with Gasteiger partial charge in [-0.05, 0) is 62.6 Å². The highest BCUT2D eigenvalue weighted by molar-refractivity contribution is 5.91. The Balaban J connectivity index is 2.10. The molecule has 0 aliphatic carbocycles. The summed E-state index contributed by atoms with van der Waals surface area (Å²) >= 11 is 0. The third kappa shape index (κ3) is 3.77. The average molecular weight is 339 g/mol. The lowest BCUT2D eigenvalue weighted by Crippen LogP contribution is -1.99. The van der Waals surface area contributed by atoms with Crippen LogP contribution in [0.5, 0.6) is 11.6 Å². The van der Waals surface area contributed by atoms with Gasteiger partial charge in [-0.15, -0.1) is 0 Å². The number of unbranched alkanes of at least 4 members (excludes halogenated alkanes) is 1. The Morgan fingerprint density at radius 1 is 1.16 bits per heavy atom. The van der Waals surface area contributed by atoms with E-state index in [0.29, 0.717) is 19.0 Å². The van der Waals surface area contributed by atoms with Gasteiger partial charge in [0.05, 0.1) is 25.1 Å². The molecule has 2 aromatic heterocycles. The van der Waals surface area contributed by atoms with Crippen LogP contribution in [0.25, 0.3) is 22.3 Å². The number of nitrogens with zero attached hydrogens (tertiary/aromatic N) is 1. The Hall–Kier alpha value is -2.53. The number of nitrogens with one attached hydrogen (secondary N) is 1. The predicted molar refractivity (Wildman–Crippen MR) is 101 cm³/mol. The number of aromatic amines is 1. The average Bonchev–Trinajstić information content (AvgIpc) is 3.00. The van der Waals surface area contributed by atoms with Crippen molar-refractivity contribution in [2.75, 3.05) is 20.3 Å². The Bertz CT molecular complexity index is 842. The Labute approximate surface area is 148 Å². The minimum atomic E-state index is 0.610. The van der Waals surface area contributed by atoms with E-state index in [1.807, 2.05) is 31.2 Å². The van der Waals surface area contributed by atoms with Gasteiger partial charge in [0.25, 0.3) is 0 Å². The van der Waals surface area contributed by atoms with Gasteiger partial charge in [-0.3, -0.25) is 0 Å². The number of rotatable bonds is 8. The van der Waals surface area contributed by atoms with Crippen LogP contribution in [0.4, 0.5) is 0 Å². The van der Waals surface area contributed by atoms with Crippen molar-refractivity contribution in [3.63, 3.8) is 0 Å². The molecule has 0 aliphatic rings. The summed E-state index contributed by atoms with van der Waals surface area (Å²) in [6.45, 7) is 3.36. The molecule has 0 bridgehead atoms. The highest BCUT2D eigenvalue weighted by atomic mass is 16.5. The molecule has 3 aromatic rings. The van der Waals surface area contributed by atoms with E-state index >= 15 is 0 Å². The monoisotopic (exact) mass is 339 g/mol. The maximum absolute atomic E-state index is 5.68. The number of nitrogens with two attached hydrogens (primary N) is 1. The first kappa shape index (κ1) is 17.3. The second-order valence-electron chi connectivity index (χ2n) is 5.93. The van der Waals surface area contributed by atoms with Gasteiger partial charge in [-0.25, -0.2) is 4.98 Å². The third-order valence-corrected chi connectivity index (χ3v) is 4.26. The van der Waals surface area contributed by atoms with Gasteiger partial charge in [0.15, 0.2) is 0 Å². The van der Waals surface area contributed by atoms with Crippen LogP contribution in [0.15, 0.2) is 36.4 Å². The number of hydrogen-bond acceptors (Lipinski definition) is 4. The van der Waals surface area contributed by atoms with E-state index in [-0.39, 0.29) is 0 Å². The summed E-state index contributed by atoms with van der Waals surface area (Å²) in [6.07, 6.45) is 2.99. The van der Waals surface area contributed by atoms with Crippen LogP contribution in [0.2, 0.25) is 0 Å². The number of ether oxygens (including phenoxy) is 2. The number of benzene rings is 1. The topological polar surface area (TPSA) is 73.2 Å². The van der Waals surface area contributed by atoms with Gasteiger partial charge < -0.3 is 20.2 Å². The molecule has 0 atom stereocenters. The standard InChI is InChI=1S/C20H25N3O2/c1-3-25-14-10-11-17-16(13-14)15(7-4-5-12-21)20(23-17)18-8-6-9-19(22-18)24-2/h6,8-11,13,23H,3-5,7,12,21H2,1-2H3. The molecule has 132 valence electrons. The molecule has 0 radical (unpaired) electrons. The van der Waals surface area contributed by atoms with Crippen molar-refractivity contribution < 1.29 is 9.47 Å². The fourth-order valence-electron chi connectivity index (χ4n) is 3.08. The maximum atomic E-state index is 5.68. The molecule has 25 heavy (non-hydrogen) atoms. The van der Waals surface area contributed by atoms with E-state index in [4.69, 9.17) is 15.2 Å². The first-order valence-electron chi connectivity index (χ1n) is 8.75. The summed E-state index contributed by atoms with van der Waals surface area (Å²) < 4.78 is 11.0. The van der Waals surface area contributed by atoms with E-state index in [1.54, 1.807) is 7.11 Å². The highest BCUT2D eigenvalue weighted by Crippen LogP contribution is 2.33. The van der Waals surface area contributed by atoms with E-state index in [0.717, 1.165) is 41.9 Å². The predicted octanol–water partition coefficient (Wildman–Crippen LogP) is 3.92. The summed E-state index contributed by atoms with van der Waals surface area (Å²) in [7, 11) is 1.63. The molecule has 3 rings (SSSR count). The summed E-state index contributed by atoms with van der Waals surface area (Å²) in [5, 5.41) is 1.18. The van der Waals surface area contributed by atoms with Gasteiger partial charge in [0, 0.05) is 17.0 Å². The molecule has 0 fully saturated rings. The second-order valence-corrected chi connectivity index (χ2v) is 5.93. The molecule has 0 aliphatic heterocycles.